The summed E-state index contributed by atoms with van der Waals surface area (Å²) in [5, 5.41) is 2.05. The van der Waals surface area contributed by atoms with Crippen LogP contribution in [0.1, 0.15) is 29.3 Å². The average molecular weight is 352 g/mol. The van der Waals surface area contributed by atoms with Gasteiger partial charge in [-0.25, -0.2) is 4.79 Å². The van der Waals surface area contributed by atoms with Crippen molar-refractivity contribution >= 4 is 29.2 Å². The number of esters is 1. The molecule has 2 aromatic rings. The maximum Gasteiger partial charge on any atom is 0.356 e. The lowest BCUT2D eigenvalue weighted by Crippen LogP contribution is -2.09. The minimum Gasteiger partial charge on any atom is -0.461 e. The molecule has 1 aliphatic rings. The van der Waals surface area contributed by atoms with E-state index < -0.39 is 0 Å². The van der Waals surface area contributed by atoms with Crippen LogP contribution in [-0.4, -0.2) is 31.0 Å². The first kappa shape index (κ1) is 17.3. The lowest BCUT2D eigenvalue weighted by molar-refractivity contribution is -0.138. The fourth-order valence-corrected chi connectivity index (χ4v) is 3.44. The summed E-state index contributed by atoms with van der Waals surface area (Å²) in [5.41, 5.74) is 4.55. The third-order valence-corrected chi connectivity index (χ3v) is 4.82. The van der Waals surface area contributed by atoms with Crippen LogP contribution in [0.2, 0.25) is 0 Å². The van der Waals surface area contributed by atoms with Gasteiger partial charge in [-0.1, -0.05) is 30.3 Å². The molecule has 0 radical (unpaired) electrons. The molecule has 0 N–H and O–H groups in total. The van der Waals surface area contributed by atoms with Crippen molar-refractivity contribution in [2.75, 3.05) is 13.2 Å². The van der Waals surface area contributed by atoms with Gasteiger partial charge < -0.3 is 4.74 Å². The molecule has 0 saturated heterocycles. The average Bonchev–Trinajstić information content (AvgIpc) is 3.28. The van der Waals surface area contributed by atoms with Crippen LogP contribution in [0.3, 0.4) is 0 Å². The van der Waals surface area contributed by atoms with Crippen molar-refractivity contribution in [2.45, 2.75) is 20.3 Å². The fourth-order valence-electron chi connectivity index (χ4n) is 2.69. The largest absolute Gasteiger partial charge is 0.461 e. The van der Waals surface area contributed by atoms with E-state index in [0.717, 1.165) is 21.7 Å². The second-order valence-electron chi connectivity index (χ2n) is 5.65. The lowest BCUT2D eigenvalue weighted by atomic mass is 10.0. The first-order chi connectivity index (χ1) is 12.2. The van der Waals surface area contributed by atoms with Crippen LogP contribution in [0.25, 0.3) is 0 Å². The topological polar surface area (TPSA) is 51.0 Å². The highest BCUT2D eigenvalue weighted by Crippen LogP contribution is 2.22. The van der Waals surface area contributed by atoms with Crippen LogP contribution < -0.4 is 0 Å². The predicted octanol–water partition coefficient (Wildman–Crippen LogP) is 4.19. The zero-order chi connectivity index (χ0) is 17.6. The molecule has 2 heterocycles. The smallest absolute Gasteiger partial charge is 0.356 e. The molecule has 1 aromatic heterocycles. The predicted molar refractivity (Wildman–Crippen MR) is 103 cm³/mol. The van der Waals surface area contributed by atoms with Gasteiger partial charge in [0.2, 0.25) is 0 Å². The van der Waals surface area contributed by atoms with E-state index in [-0.39, 0.29) is 5.97 Å². The van der Waals surface area contributed by atoms with Crippen molar-refractivity contribution in [3.63, 3.8) is 0 Å². The summed E-state index contributed by atoms with van der Waals surface area (Å²) in [5.74, 6) is -0.366. The van der Waals surface area contributed by atoms with Gasteiger partial charge in [-0.3, -0.25) is 9.98 Å². The molecule has 3 rings (SSSR count). The maximum atomic E-state index is 12.0. The fraction of sp³-hybridized carbons (Fsp3) is 0.250. The Kier molecular flexibility index (Phi) is 5.56. The molecular weight excluding hydrogens is 332 g/mol. The third-order valence-electron chi connectivity index (χ3n) is 3.94. The molecule has 0 atom stereocenters. The molecule has 0 bridgehead atoms. The van der Waals surface area contributed by atoms with Crippen LogP contribution >= 0.6 is 11.3 Å². The molecule has 25 heavy (non-hydrogen) atoms. The van der Waals surface area contributed by atoms with Gasteiger partial charge >= 0.3 is 5.97 Å². The van der Waals surface area contributed by atoms with E-state index in [1.165, 1.54) is 5.56 Å². The van der Waals surface area contributed by atoms with Crippen molar-refractivity contribution in [1.29, 1.82) is 0 Å². The molecule has 0 unspecified atom stereocenters. The van der Waals surface area contributed by atoms with E-state index in [0.29, 0.717) is 25.3 Å². The monoisotopic (exact) mass is 352 g/mol. The van der Waals surface area contributed by atoms with Crippen LogP contribution in [0.4, 0.5) is 0 Å². The van der Waals surface area contributed by atoms with Crippen molar-refractivity contribution in [3.05, 3.63) is 69.1 Å². The quantitative estimate of drug-likeness (QED) is 0.578. The van der Waals surface area contributed by atoms with Gasteiger partial charge in [-0.05, 0) is 36.4 Å². The number of aryl methyl sites for hydroxylation is 1. The van der Waals surface area contributed by atoms with Crippen molar-refractivity contribution in [3.8, 4) is 0 Å². The Morgan fingerprint density at radius 1 is 1.28 bits per heavy atom. The molecule has 0 aliphatic carbocycles. The number of benzene rings is 1. The maximum absolute atomic E-state index is 12.0. The SMILES string of the molecule is CCOC(=O)C1=C(CN=C(c2cccs2)c2ccccc2C)CC=N1. The van der Waals surface area contributed by atoms with Gasteiger partial charge in [0, 0.05) is 18.2 Å². The first-order valence-corrected chi connectivity index (χ1v) is 9.14. The highest BCUT2D eigenvalue weighted by Gasteiger charge is 2.19. The van der Waals surface area contributed by atoms with E-state index in [9.17, 15) is 4.79 Å². The number of carbonyl (C=O) groups excluding carboxylic acids is 1. The molecule has 1 aromatic carbocycles. The molecule has 5 heteroatoms. The Morgan fingerprint density at radius 2 is 2.12 bits per heavy atom. The van der Waals surface area contributed by atoms with Crippen molar-refractivity contribution < 1.29 is 9.53 Å². The van der Waals surface area contributed by atoms with Crippen molar-refractivity contribution in [2.24, 2.45) is 9.98 Å². The molecule has 1 aliphatic heterocycles. The Morgan fingerprint density at radius 3 is 2.84 bits per heavy atom. The van der Waals surface area contributed by atoms with Crippen LogP contribution in [0.15, 0.2) is 63.0 Å². The summed E-state index contributed by atoms with van der Waals surface area (Å²) in [4.78, 5) is 22.2. The van der Waals surface area contributed by atoms with E-state index in [4.69, 9.17) is 9.73 Å². The highest BCUT2D eigenvalue weighted by atomic mass is 32.1. The summed E-state index contributed by atoms with van der Waals surface area (Å²) >= 11 is 1.66. The molecule has 0 fully saturated rings. The number of nitrogens with zero attached hydrogens (tertiary/aromatic N) is 2. The Hall–Kier alpha value is -2.53. The van der Waals surface area contributed by atoms with Crippen LogP contribution in [0, 0.1) is 6.92 Å². The molecule has 0 spiro atoms. The van der Waals surface area contributed by atoms with Gasteiger partial charge in [0.25, 0.3) is 0 Å². The number of hydrogen-bond acceptors (Lipinski definition) is 5. The van der Waals surface area contributed by atoms with Crippen LogP contribution in [-0.2, 0) is 9.53 Å². The number of aliphatic imine (C=N–C) groups is 2. The Bertz CT molecular complexity index is 848. The zero-order valence-electron chi connectivity index (χ0n) is 14.4. The zero-order valence-corrected chi connectivity index (χ0v) is 15.2. The number of carbonyl (C=O) groups is 1. The molecule has 4 nitrogen and oxygen atoms in total. The summed E-state index contributed by atoms with van der Waals surface area (Å²) in [6.07, 6.45) is 2.39. The van der Waals surface area contributed by atoms with Crippen LogP contribution in [0.5, 0.6) is 0 Å². The number of thiophene rings is 1. The molecule has 128 valence electrons. The number of hydrogen-bond donors (Lipinski definition) is 0. The summed E-state index contributed by atoms with van der Waals surface area (Å²) in [7, 11) is 0. The summed E-state index contributed by atoms with van der Waals surface area (Å²) in [6.45, 7) is 4.66. The van der Waals surface area contributed by atoms with E-state index in [1.54, 1.807) is 24.5 Å². The second-order valence-corrected chi connectivity index (χ2v) is 6.59. The summed E-state index contributed by atoms with van der Waals surface area (Å²) in [6, 6.07) is 12.3. The van der Waals surface area contributed by atoms with E-state index in [2.05, 4.69) is 30.1 Å². The minimum atomic E-state index is -0.366. The van der Waals surface area contributed by atoms with Gasteiger partial charge in [-0.2, -0.15) is 0 Å². The van der Waals surface area contributed by atoms with Gasteiger partial charge in [-0.15, -0.1) is 11.3 Å². The molecule has 0 saturated carbocycles. The normalized spacial score (nSPS) is 14.2. The third kappa shape index (κ3) is 3.94. The lowest BCUT2D eigenvalue weighted by Gasteiger charge is -2.09. The standard InChI is InChI=1S/C20H20N2O2S/c1-3-24-20(23)18-15(10-11-21-18)13-22-19(17-9-6-12-25-17)16-8-5-4-7-14(16)2/h4-9,11-12H,3,10,13H2,1-2H3. The molecular formula is C20H20N2O2S. The van der Waals surface area contributed by atoms with E-state index in [1.807, 2.05) is 23.6 Å². The Balaban J connectivity index is 1.94. The first-order valence-electron chi connectivity index (χ1n) is 8.26. The Labute approximate surface area is 151 Å². The number of ether oxygens (including phenoxy) is 1. The number of rotatable bonds is 6. The van der Waals surface area contributed by atoms with Gasteiger partial charge in [0.05, 0.1) is 23.7 Å². The second kappa shape index (κ2) is 8.03. The molecule has 0 amide bonds. The van der Waals surface area contributed by atoms with Gasteiger partial charge in [0.15, 0.2) is 0 Å². The van der Waals surface area contributed by atoms with E-state index >= 15 is 0 Å². The van der Waals surface area contributed by atoms with Crippen molar-refractivity contribution in [1.82, 2.24) is 0 Å². The highest BCUT2D eigenvalue weighted by molar-refractivity contribution is 7.12. The minimum absolute atomic E-state index is 0.345. The van der Waals surface area contributed by atoms with Gasteiger partial charge in [0.1, 0.15) is 5.70 Å². The summed E-state index contributed by atoms with van der Waals surface area (Å²) < 4.78 is 5.08.